The first kappa shape index (κ1) is 26.1. The molecule has 1 unspecified atom stereocenters. The third-order valence-electron chi connectivity index (χ3n) is 6.94. The zero-order valence-electron chi connectivity index (χ0n) is 20.4. The van der Waals surface area contributed by atoms with E-state index in [4.69, 9.17) is 28.5 Å². The van der Waals surface area contributed by atoms with Gasteiger partial charge in [0.2, 0.25) is 0 Å². The van der Waals surface area contributed by atoms with Gasteiger partial charge in [-0.05, 0) is 87.1 Å². The molecule has 0 N–H and O–H groups in total. The van der Waals surface area contributed by atoms with Crippen LogP contribution in [0.4, 0.5) is 0 Å². The Balaban J connectivity index is 0.000000968. The predicted octanol–water partition coefficient (Wildman–Crippen LogP) is 7.95. The summed E-state index contributed by atoms with van der Waals surface area (Å²) in [5.41, 5.74) is 5.45. The highest BCUT2D eigenvalue weighted by Crippen LogP contribution is 2.60. The van der Waals surface area contributed by atoms with E-state index in [9.17, 15) is 0 Å². The lowest BCUT2D eigenvalue weighted by molar-refractivity contribution is 0.202. The second-order valence-corrected chi connectivity index (χ2v) is 11.1. The summed E-state index contributed by atoms with van der Waals surface area (Å²) in [7, 11) is 0. The van der Waals surface area contributed by atoms with Crippen molar-refractivity contribution in [2.45, 2.75) is 87.9 Å². The van der Waals surface area contributed by atoms with Gasteiger partial charge in [0.25, 0.3) is 0 Å². The Morgan fingerprint density at radius 1 is 0.909 bits per heavy atom. The largest absolute Gasteiger partial charge is 0.300 e. The van der Waals surface area contributed by atoms with Crippen LogP contribution >= 0.6 is 23.2 Å². The fourth-order valence-corrected chi connectivity index (χ4v) is 5.09. The van der Waals surface area contributed by atoms with E-state index in [0.29, 0.717) is 6.04 Å². The first-order chi connectivity index (χ1) is 15.8. The Hall–Kier alpha value is -1.53. The average Bonchev–Trinajstić information content (AvgIpc) is 3.75. The van der Waals surface area contributed by atoms with Gasteiger partial charge in [-0.3, -0.25) is 0 Å². The van der Waals surface area contributed by atoms with E-state index in [0.717, 1.165) is 51.6 Å². The summed E-state index contributed by atoms with van der Waals surface area (Å²) >= 11 is 13.7. The predicted molar refractivity (Wildman–Crippen MR) is 141 cm³/mol. The number of halogens is 2. The van der Waals surface area contributed by atoms with Gasteiger partial charge in [0.1, 0.15) is 0 Å². The van der Waals surface area contributed by atoms with Crippen molar-refractivity contribution in [3.8, 4) is 6.07 Å². The Morgan fingerprint density at radius 2 is 1.52 bits per heavy atom. The van der Waals surface area contributed by atoms with Crippen LogP contribution in [0, 0.1) is 11.3 Å². The molecule has 0 spiro atoms. The summed E-state index contributed by atoms with van der Waals surface area (Å²) in [6, 6.07) is 20.1. The Morgan fingerprint density at radius 3 is 2.09 bits per heavy atom. The molecule has 2 nitrogen and oxygen atoms in total. The van der Waals surface area contributed by atoms with Gasteiger partial charge in [-0.15, -0.1) is 23.2 Å². The second-order valence-electron chi connectivity index (χ2n) is 9.69. The van der Waals surface area contributed by atoms with E-state index >= 15 is 0 Å². The fourth-order valence-electron chi connectivity index (χ4n) is 4.58. The third-order valence-corrected chi connectivity index (χ3v) is 8.11. The highest BCUT2D eigenvalue weighted by Gasteiger charge is 2.50. The normalized spacial score (nSPS) is 18.1. The number of hydrogen-bond acceptors (Lipinski definition) is 2. The summed E-state index contributed by atoms with van der Waals surface area (Å²) in [5, 5.41) is 7.32. The van der Waals surface area contributed by atoms with Crippen LogP contribution in [-0.2, 0) is 22.6 Å². The molecule has 0 radical (unpaired) electrons. The summed E-state index contributed by atoms with van der Waals surface area (Å²) < 4.78 is 0. The molecule has 2 saturated carbocycles. The summed E-state index contributed by atoms with van der Waals surface area (Å²) in [5.74, 6) is 0. The van der Waals surface area contributed by atoms with Gasteiger partial charge >= 0.3 is 0 Å². The first-order valence-corrected chi connectivity index (χ1v) is 13.2. The standard InChI is InChI=1S/C27H35Cl2N.C2H3N/c1-3-18-30(19-13-22-7-5-4-6-8-22)21(2)9-10-23-11-12-24(26(28)14-15-26)25(20-23)27(29)16-17-27;1-2-3/h4-8,11-12,20-21H,3,9-10,13-19H2,1-2H3;1H3. The quantitative estimate of drug-likeness (QED) is 0.302. The maximum absolute atomic E-state index is 7.32. The third kappa shape index (κ3) is 7.22. The van der Waals surface area contributed by atoms with Gasteiger partial charge < -0.3 is 4.90 Å². The van der Waals surface area contributed by atoms with Crippen molar-refractivity contribution in [2.24, 2.45) is 0 Å². The number of alkyl halides is 2. The van der Waals surface area contributed by atoms with Crippen molar-refractivity contribution in [3.05, 3.63) is 70.8 Å². The van der Waals surface area contributed by atoms with Crippen LogP contribution in [0.5, 0.6) is 0 Å². The summed E-state index contributed by atoms with van der Waals surface area (Å²) in [4.78, 5) is 2.37. The molecule has 2 fully saturated rings. The SMILES string of the molecule is CC#N.CCCN(CCc1ccccc1)C(C)CCc1ccc(C2(Cl)CC2)c(C2(Cl)CC2)c1. The van der Waals surface area contributed by atoms with Gasteiger partial charge in [-0.25, -0.2) is 0 Å². The highest BCUT2D eigenvalue weighted by molar-refractivity contribution is 6.28. The zero-order chi connectivity index (χ0) is 23.9. The molecule has 4 heteroatoms. The van der Waals surface area contributed by atoms with Crippen LogP contribution in [0.2, 0.25) is 0 Å². The van der Waals surface area contributed by atoms with Crippen molar-refractivity contribution in [1.29, 1.82) is 5.26 Å². The van der Waals surface area contributed by atoms with E-state index in [1.165, 1.54) is 42.0 Å². The minimum atomic E-state index is -0.147. The van der Waals surface area contributed by atoms with Crippen molar-refractivity contribution in [2.75, 3.05) is 13.1 Å². The summed E-state index contributed by atoms with van der Waals surface area (Å²) in [6.07, 6.45) is 8.92. The van der Waals surface area contributed by atoms with E-state index < -0.39 is 0 Å². The number of benzene rings is 2. The minimum Gasteiger partial charge on any atom is -0.300 e. The van der Waals surface area contributed by atoms with E-state index in [2.05, 4.69) is 67.3 Å². The highest BCUT2D eigenvalue weighted by atomic mass is 35.5. The lowest BCUT2D eigenvalue weighted by atomic mass is 9.94. The molecule has 1 atom stereocenters. The van der Waals surface area contributed by atoms with Crippen LogP contribution in [0.3, 0.4) is 0 Å². The van der Waals surface area contributed by atoms with Crippen LogP contribution in [0.1, 0.15) is 81.5 Å². The topological polar surface area (TPSA) is 27.0 Å². The van der Waals surface area contributed by atoms with Crippen molar-refractivity contribution in [3.63, 3.8) is 0 Å². The molecule has 4 rings (SSSR count). The maximum Gasteiger partial charge on any atom is 0.0699 e. The van der Waals surface area contributed by atoms with Crippen molar-refractivity contribution >= 4 is 23.2 Å². The van der Waals surface area contributed by atoms with Crippen LogP contribution < -0.4 is 0 Å². The van der Waals surface area contributed by atoms with Gasteiger partial charge in [0.15, 0.2) is 0 Å². The minimum absolute atomic E-state index is 0.138. The smallest absolute Gasteiger partial charge is 0.0699 e. The van der Waals surface area contributed by atoms with Crippen LogP contribution in [0.15, 0.2) is 48.5 Å². The lowest BCUT2D eigenvalue weighted by Crippen LogP contribution is -2.35. The molecule has 0 aliphatic heterocycles. The van der Waals surface area contributed by atoms with Crippen LogP contribution in [0.25, 0.3) is 0 Å². The maximum atomic E-state index is 7.32. The molecule has 0 bridgehead atoms. The summed E-state index contributed by atoms with van der Waals surface area (Å²) in [6.45, 7) is 8.39. The molecular weight excluding hydrogens is 447 g/mol. The molecule has 2 aromatic rings. The number of nitrogens with zero attached hydrogens (tertiary/aromatic N) is 2. The molecule has 33 heavy (non-hydrogen) atoms. The van der Waals surface area contributed by atoms with Gasteiger partial charge in [-0.1, -0.05) is 55.5 Å². The molecule has 2 aliphatic rings. The number of hydrogen-bond donors (Lipinski definition) is 0. The molecule has 0 heterocycles. The van der Waals surface area contributed by atoms with Crippen molar-refractivity contribution in [1.82, 2.24) is 4.90 Å². The van der Waals surface area contributed by atoms with Gasteiger partial charge in [-0.2, -0.15) is 5.26 Å². The first-order valence-electron chi connectivity index (χ1n) is 12.5. The molecule has 2 aliphatic carbocycles. The van der Waals surface area contributed by atoms with Gasteiger partial charge in [0, 0.05) is 19.5 Å². The lowest BCUT2D eigenvalue weighted by Gasteiger charge is -2.29. The van der Waals surface area contributed by atoms with E-state index in [1.54, 1.807) is 6.07 Å². The average molecular weight is 486 g/mol. The number of aryl methyl sites for hydroxylation is 1. The van der Waals surface area contributed by atoms with E-state index in [-0.39, 0.29) is 9.75 Å². The fraction of sp³-hybridized carbons (Fsp3) is 0.552. The Labute approximate surface area is 210 Å². The number of nitriles is 1. The van der Waals surface area contributed by atoms with Crippen molar-refractivity contribution < 1.29 is 0 Å². The molecular formula is C29H38Cl2N2. The Bertz CT molecular complexity index is 926. The Kier molecular flexibility index (Phi) is 9.28. The molecule has 2 aromatic carbocycles. The second kappa shape index (κ2) is 11.7. The van der Waals surface area contributed by atoms with Crippen LogP contribution in [-0.4, -0.2) is 24.0 Å². The molecule has 178 valence electrons. The molecule has 0 amide bonds. The molecule has 0 saturated heterocycles. The van der Waals surface area contributed by atoms with E-state index in [1.807, 2.05) is 0 Å². The van der Waals surface area contributed by atoms with Gasteiger partial charge in [0.05, 0.1) is 15.8 Å². The monoisotopic (exact) mass is 484 g/mol. The molecule has 0 aromatic heterocycles. The number of rotatable bonds is 11. The zero-order valence-corrected chi connectivity index (χ0v) is 21.9.